The summed E-state index contributed by atoms with van der Waals surface area (Å²) < 4.78 is 0. The van der Waals surface area contributed by atoms with Crippen molar-refractivity contribution < 1.29 is 4.79 Å². The maximum atomic E-state index is 13.5. The molecule has 0 atom stereocenters. The standard InChI is InChI=1S/C30H20ClN5O2/c31-25-13-20(12-19-8-4-11-33-28(19)25)23-15-24-29(38)21(14-26(37)35-22-9-5-10-32-17-22)16-34-30(24)36-27(23)18-6-2-1-3-7-18/h1-13,15-17H,14H2,(H,35,37)(H,34,36,38). The second-order valence-corrected chi connectivity index (χ2v) is 9.20. The van der Waals surface area contributed by atoms with Crippen molar-refractivity contribution in [2.45, 2.75) is 6.42 Å². The molecular weight excluding hydrogens is 498 g/mol. The molecule has 0 bridgehead atoms. The van der Waals surface area contributed by atoms with Crippen molar-refractivity contribution in [3.05, 3.63) is 118 Å². The fraction of sp³-hybridized carbons (Fsp3) is 0.0333. The lowest BCUT2D eigenvalue weighted by Crippen LogP contribution is -2.20. The van der Waals surface area contributed by atoms with Gasteiger partial charge in [0.15, 0.2) is 5.43 Å². The second kappa shape index (κ2) is 9.88. The number of aromatic nitrogens is 4. The number of fused-ring (bicyclic) bond motifs is 2. The van der Waals surface area contributed by atoms with Gasteiger partial charge in [0.2, 0.25) is 5.91 Å². The molecule has 0 saturated heterocycles. The molecule has 4 heterocycles. The first-order chi connectivity index (χ1) is 18.6. The minimum absolute atomic E-state index is 0.0938. The quantitative estimate of drug-likeness (QED) is 0.290. The molecule has 6 aromatic rings. The number of aromatic amines is 1. The lowest BCUT2D eigenvalue weighted by molar-refractivity contribution is -0.115. The Morgan fingerprint density at radius 1 is 0.947 bits per heavy atom. The van der Waals surface area contributed by atoms with Crippen molar-refractivity contribution in [1.29, 1.82) is 0 Å². The Hall–Kier alpha value is -4.88. The van der Waals surface area contributed by atoms with E-state index in [-0.39, 0.29) is 17.8 Å². The fourth-order valence-electron chi connectivity index (χ4n) is 4.48. The molecule has 8 heteroatoms. The number of halogens is 1. The van der Waals surface area contributed by atoms with Crippen LogP contribution in [-0.2, 0) is 11.2 Å². The Morgan fingerprint density at radius 2 is 1.79 bits per heavy atom. The number of anilines is 1. The predicted molar refractivity (Wildman–Crippen MR) is 150 cm³/mol. The van der Waals surface area contributed by atoms with Crippen LogP contribution >= 0.6 is 11.6 Å². The summed E-state index contributed by atoms with van der Waals surface area (Å²) in [6, 6.07) is 22.7. The average molecular weight is 518 g/mol. The van der Waals surface area contributed by atoms with Crippen molar-refractivity contribution in [2.24, 2.45) is 0 Å². The topological polar surface area (TPSA) is 101 Å². The Morgan fingerprint density at radius 3 is 2.61 bits per heavy atom. The summed E-state index contributed by atoms with van der Waals surface area (Å²) in [5, 5.41) is 4.53. The van der Waals surface area contributed by atoms with Crippen LogP contribution in [0.25, 0.3) is 44.3 Å². The first-order valence-electron chi connectivity index (χ1n) is 11.9. The number of pyridine rings is 4. The van der Waals surface area contributed by atoms with Crippen LogP contribution < -0.4 is 10.7 Å². The molecule has 2 N–H and O–H groups in total. The van der Waals surface area contributed by atoms with Gasteiger partial charge >= 0.3 is 0 Å². The number of nitrogens with one attached hydrogen (secondary N) is 2. The summed E-state index contributed by atoms with van der Waals surface area (Å²) in [6.07, 6.45) is 6.33. The third-order valence-electron chi connectivity index (χ3n) is 6.25. The van der Waals surface area contributed by atoms with Crippen LogP contribution in [0.4, 0.5) is 5.69 Å². The van der Waals surface area contributed by atoms with Gasteiger partial charge in [0.25, 0.3) is 0 Å². The Balaban J connectivity index is 1.49. The van der Waals surface area contributed by atoms with Crippen LogP contribution in [0, 0.1) is 0 Å². The first-order valence-corrected chi connectivity index (χ1v) is 12.3. The van der Waals surface area contributed by atoms with Gasteiger partial charge in [0, 0.05) is 40.7 Å². The van der Waals surface area contributed by atoms with Gasteiger partial charge in [-0.2, -0.15) is 0 Å². The Kier molecular flexibility index (Phi) is 6.11. The number of benzene rings is 2. The molecule has 7 nitrogen and oxygen atoms in total. The van der Waals surface area contributed by atoms with Crippen LogP contribution in [0.15, 0.2) is 102 Å². The molecule has 38 heavy (non-hydrogen) atoms. The number of H-pyrrole nitrogens is 1. The molecule has 0 saturated carbocycles. The average Bonchev–Trinajstić information content (AvgIpc) is 2.95. The van der Waals surface area contributed by atoms with Crippen molar-refractivity contribution in [2.75, 3.05) is 5.32 Å². The highest BCUT2D eigenvalue weighted by Crippen LogP contribution is 2.36. The lowest BCUT2D eigenvalue weighted by Gasteiger charge is -2.13. The van der Waals surface area contributed by atoms with Crippen LogP contribution in [0.2, 0.25) is 5.02 Å². The molecule has 0 aliphatic carbocycles. The van der Waals surface area contributed by atoms with Gasteiger partial charge < -0.3 is 10.3 Å². The van der Waals surface area contributed by atoms with Gasteiger partial charge in [-0.1, -0.05) is 48.0 Å². The van der Waals surface area contributed by atoms with E-state index in [2.05, 4.69) is 20.3 Å². The molecule has 4 aromatic heterocycles. The van der Waals surface area contributed by atoms with Crippen LogP contribution in [0.5, 0.6) is 0 Å². The number of rotatable bonds is 5. The number of amides is 1. The van der Waals surface area contributed by atoms with E-state index in [0.717, 1.165) is 22.1 Å². The molecule has 0 unspecified atom stereocenters. The van der Waals surface area contributed by atoms with E-state index >= 15 is 0 Å². The summed E-state index contributed by atoms with van der Waals surface area (Å²) in [6.45, 7) is 0. The van der Waals surface area contributed by atoms with Crippen molar-refractivity contribution >= 4 is 45.1 Å². The molecular formula is C30H20ClN5O2. The van der Waals surface area contributed by atoms with Crippen molar-refractivity contribution in [3.63, 3.8) is 0 Å². The van der Waals surface area contributed by atoms with Gasteiger partial charge in [-0.3, -0.25) is 19.6 Å². The van der Waals surface area contributed by atoms with Crippen molar-refractivity contribution in [3.8, 4) is 22.4 Å². The second-order valence-electron chi connectivity index (χ2n) is 8.79. The van der Waals surface area contributed by atoms with E-state index in [0.29, 0.717) is 38.5 Å². The zero-order valence-corrected chi connectivity index (χ0v) is 20.7. The molecule has 1 amide bonds. The van der Waals surface area contributed by atoms with Gasteiger partial charge in [0.1, 0.15) is 5.65 Å². The van der Waals surface area contributed by atoms with Crippen LogP contribution in [0.3, 0.4) is 0 Å². The number of nitrogens with zero attached hydrogens (tertiary/aromatic N) is 3. The Labute approximate surface area is 222 Å². The van der Waals surface area contributed by atoms with Gasteiger partial charge in [-0.05, 0) is 42.0 Å². The zero-order valence-electron chi connectivity index (χ0n) is 20.0. The first kappa shape index (κ1) is 23.5. The van der Waals surface area contributed by atoms with E-state index in [1.165, 1.54) is 0 Å². The third-order valence-corrected chi connectivity index (χ3v) is 6.54. The van der Waals surface area contributed by atoms with E-state index in [1.54, 1.807) is 36.9 Å². The zero-order chi connectivity index (χ0) is 26.1. The smallest absolute Gasteiger partial charge is 0.229 e. The third kappa shape index (κ3) is 4.51. The number of carbonyl (C=O) groups is 1. The summed E-state index contributed by atoms with van der Waals surface area (Å²) in [7, 11) is 0. The maximum absolute atomic E-state index is 13.5. The summed E-state index contributed by atoms with van der Waals surface area (Å²) in [5.41, 5.74) is 4.93. The highest BCUT2D eigenvalue weighted by Gasteiger charge is 2.17. The van der Waals surface area contributed by atoms with Crippen molar-refractivity contribution in [1.82, 2.24) is 19.9 Å². The van der Waals surface area contributed by atoms with Gasteiger partial charge in [0.05, 0.1) is 39.9 Å². The number of carbonyl (C=O) groups excluding carboxylic acids is 1. The van der Waals surface area contributed by atoms with Crippen LogP contribution in [-0.4, -0.2) is 25.8 Å². The largest absolute Gasteiger partial charge is 0.346 e. The van der Waals surface area contributed by atoms with E-state index in [9.17, 15) is 9.59 Å². The maximum Gasteiger partial charge on any atom is 0.229 e. The molecule has 0 aliphatic rings. The van der Waals surface area contributed by atoms with E-state index in [1.807, 2.05) is 60.7 Å². The fourth-order valence-corrected chi connectivity index (χ4v) is 4.75. The van der Waals surface area contributed by atoms with E-state index in [4.69, 9.17) is 16.6 Å². The molecule has 0 radical (unpaired) electrons. The molecule has 0 spiro atoms. The molecule has 6 rings (SSSR count). The summed E-state index contributed by atoms with van der Waals surface area (Å²) >= 11 is 6.61. The highest BCUT2D eigenvalue weighted by molar-refractivity contribution is 6.35. The Bertz CT molecular complexity index is 1870. The number of hydrogen-bond acceptors (Lipinski definition) is 5. The molecule has 2 aromatic carbocycles. The summed E-state index contributed by atoms with van der Waals surface area (Å²) in [4.78, 5) is 42.5. The molecule has 0 aliphatic heterocycles. The lowest BCUT2D eigenvalue weighted by atomic mass is 9.96. The number of hydrogen-bond donors (Lipinski definition) is 2. The molecule has 184 valence electrons. The molecule has 0 fully saturated rings. The van der Waals surface area contributed by atoms with Gasteiger partial charge in [-0.25, -0.2) is 4.98 Å². The monoisotopic (exact) mass is 517 g/mol. The summed E-state index contributed by atoms with van der Waals surface area (Å²) in [5.74, 6) is -0.314. The van der Waals surface area contributed by atoms with Gasteiger partial charge in [-0.15, -0.1) is 0 Å². The SMILES string of the molecule is O=C(Cc1c[nH]c2nc(-c3ccccc3)c(-c3cc(Cl)c4ncccc4c3)cc2c1=O)Nc1cccnc1. The van der Waals surface area contributed by atoms with E-state index < -0.39 is 0 Å². The van der Waals surface area contributed by atoms with Crippen LogP contribution in [0.1, 0.15) is 5.56 Å². The minimum atomic E-state index is -0.314. The minimum Gasteiger partial charge on any atom is -0.346 e. The predicted octanol–water partition coefficient (Wildman–Crippen LogP) is 6.03. The highest BCUT2D eigenvalue weighted by atomic mass is 35.5. The normalized spacial score (nSPS) is 11.1.